The van der Waals surface area contributed by atoms with E-state index in [0.717, 1.165) is 30.2 Å². The van der Waals surface area contributed by atoms with Crippen molar-refractivity contribution in [2.45, 2.75) is 53.1 Å². The highest BCUT2D eigenvalue weighted by Crippen LogP contribution is 2.16. The molecule has 0 radical (unpaired) electrons. The van der Waals surface area contributed by atoms with Gasteiger partial charge in [0.1, 0.15) is 5.82 Å². The lowest BCUT2D eigenvalue weighted by Gasteiger charge is -2.22. The number of thiophene rings is 1. The van der Waals surface area contributed by atoms with Gasteiger partial charge in [0.25, 0.3) is 0 Å². The van der Waals surface area contributed by atoms with Crippen LogP contribution in [0.2, 0.25) is 0 Å². The number of hydrogen-bond acceptors (Lipinski definition) is 4. The SMILES string of the molecule is Cc1nc(Cc2cccs2)nc(C)c1CNC(C)(C)C. The van der Waals surface area contributed by atoms with E-state index in [0.29, 0.717) is 0 Å². The molecule has 2 aromatic heterocycles. The summed E-state index contributed by atoms with van der Waals surface area (Å²) in [6.45, 7) is 11.5. The Bertz CT molecular complexity index is 545. The van der Waals surface area contributed by atoms with Gasteiger partial charge in [-0.15, -0.1) is 11.3 Å². The molecular weight excluding hydrogens is 266 g/mol. The summed E-state index contributed by atoms with van der Waals surface area (Å²) in [5, 5.41) is 5.60. The van der Waals surface area contributed by atoms with Gasteiger partial charge in [-0.3, -0.25) is 0 Å². The number of rotatable bonds is 4. The van der Waals surface area contributed by atoms with E-state index >= 15 is 0 Å². The number of aromatic nitrogens is 2. The average Bonchev–Trinajstić information content (AvgIpc) is 2.79. The van der Waals surface area contributed by atoms with Crippen molar-refractivity contribution in [3.8, 4) is 0 Å². The van der Waals surface area contributed by atoms with Crippen LogP contribution in [-0.2, 0) is 13.0 Å². The molecule has 0 atom stereocenters. The van der Waals surface area contributed by atoms with Crippen LogP contribution in [0.15, 0.2) is 17.5 Å². The van der Waals surface area contributed by atoms with Crippen molar-refractivity contribution in [1.29, 1.82) is 0 Å². The largest absolute Gasteiger partial charge is 0.308 e. The highest BCUT2D eigenvalue weighted by atomic mass is 32.1. The van der Waals surface area contributed by atoms with Crippen molar-refractivity contribution < 1.29 is 0 Å². The molecule has 0 aliphatic carbocycles. The van der Waals surface area contributed by atoms with Gasteiger partial charge in [0, 0.05) is 40.3 Å². The minimum atomic E-state index is 0.106. The minimum absolute atomic E-state index is 0.106. The van der Waals surface area contributed by atoms with Crippen LogP contribution in [0.3, 0.4) is 0 Å². The first-order valence-electron chi connectivity index (χ1n) is 6.95. The number of aryl methyl sites for hydroxylation is 2. The van der Waals surface area contributed by atoms with Gasteiger partial charge in [0.15, 0.2) is 0 Å². The normalized spacial score (nSPS) is 11.8. The molecule has 0 amide bonds. The van der Waals surface area contributed by atoms with Gasteiger partial charge in [-0.2, -0.15) is 0 Å². The highest BCUT2D eigenvalue weighted by molar-refractivity contribution is 7.09. The second-order valence-electron chi connectivity index (χ2n) is 6.15. The van der Waals surface area contributed by atoms with Crippen LogP contribution in [0.25, 0.3) is 0 Å². The minimum Gasteiger partial charge on any atom is -0.308 e. The Kier molecular flexibility index (Phi) is 4.55. The van der Waals surface area contributed by atoms with E-state index in [1.807, 2.05) is 0 Å². The first kappa shape index (κ1) is 15.1. The predicted octanol–water partition coefficient (Wildman–Crippen LogP) is 3.63. The van der Waals surface area contributed by atoms with Crippen molar-refractivity contribution in [3.63, 3.8) is 0 Å². The Balaban J connectivity index is 2.16. The second kappa shape index (κ2) is 6.02. The lowest BCUT2D eigenvalue weighted by molar-refractivity contribution is 0.422. The van der Waals surface area contributed by atoms with Crippen molar-refractivity contribution in [2.75, 3.05) is 0 Å². The average molecular weight is 289 g/mol. The molecule has 0 spiro atoms. The maximum Gasteiger partial charge on any atom is 0.134 e. The monoisotopic (exact) mass is 289 g/mol. The van der Waals surface area contributed by atoms with E-state index in [2.05, 4.69) is 67.4 Å². The summed E-state index contributed by atoms with van der Waals surface area (Å²) < 4.78 is 0. The molecule has 0 fully saturated rings. The van der Waals surface area contributed by atoms with E-state index < -0.39 is 0 Å². The molecular formula is C16H23N3S. The number of hydrogen-bond donors (Lipinski definition) is 1. The van der Waals surface area contributed by atoms with Crippen molar-refractivity contribution in [2.24, 2.45) is 0 Å². The van der Waals surface area contributed by atoms with Gasteiger partial charge in [0.05, 0.1) is 0 Å². The maximum absolute atomic E-state index is 4.67. The molecule has 0 aromatic carbocycles. The number of nitrogens with one attached hydrogen (secondary N) is 1. The van der Waals surface area contributed by atoms with E-state index in [9.17, 15) is 0 Å². The van der Waals surface area contributed by atoms with Gasteiger partial charge < -0.3 is 5.32 Å². The standard InChI is InChI=1S/C16H23N3S/c1-11-14(10-17-16(3,4)5)12(2)19-15(18-11)9-13-7-6-8-20-13/h6-8,17H,9-10H2,1-5H3. The van der Waals surface area contributed by atoms with E-state index in [4.69, 9.17) is 0 Å². The first-order valence-corrected chi connectivity index (χ1v) is 7.83. The molecule has 0 saturated heterocycles. The number of nitrogens with zero attached hydrogens (tertiary/aromatic N) is 2. The Hall–Kier alpha value is -1.26. The molecule has 108 valence electrons. The molecule has 3 nitrogen and oxygen atoms in total. The third kappa shape index (κ3) is 4.12. The van der Waals surface area contributed by atoms with Gasteiger partial charge >= 0.3 is 0 Å². The topological polar surface area (TPSA) is 37.8 Å². The summed E-state index contributed by atoms with van der Waals surface area (Å²) in [6.07, 6.45) is 0.826. The van der Waals surface area contributed by atoms with Gasteiger partial charge in [0.2, 0.25) is 0 Å². The molecule has 0 bridgehead atoms. The summed E-state index contributed by atoms with van der Waals surface area (Å²) in [5.74, 6) is 0.918. The van der Waals surface area contributed by atoms with Gasteiger partial charge in [-0.05, 0) is 46.1 Å². The zero-order valence-corrected chi connectivity index (χ0v) is 13.8. The molecule has 0 unspecified atom stereocenters. The van der Waals surface area contributed by atoms with Gasteiger partial charge in [-0.1, -0.05) is 6.07 Å². The summed E-state index contributed by atoms with van der Waals surface area (Å²) in [4.78, 5) is 10.6. The fraction of sp³-hybridized carbons (Fsp3) is 0.500. The second-order valence-corrected chi connectivity index (χ2v) is 7.18. The smallest absolute Gasteiger partial charge is 0.134 e. The summed E-state index contributed by atoms with van der Waals surface area (Å²) in [7, 11) is 0. The third-order valence-corrected chi connectivity index (χ3v) is 4.05. The Morgan fingerprint density at radius 2 is 1.80 bits per heavy atom. The molecule has 2 heterocycles. The lowest BCUT2D eigenvalue weighted by atomic mass is 10.1. The molecule has 1 N–H and O–H groups in total. The molecule has 2 aromatic rings. The molecule has 0 aliphatic rings. The van der Waals surface area contributed by atoms with Crippen LogP contribution >= 0.6 is 11.3 Å². The highest BCUT2D eigenvalue weighted by Gasteiger charge is 2.13. The van der Waals surface area contributed by atoms with Crippen LogP contribution in [0.5, 0.6) is 0 Å². The van der Waals surface area contributed by atoms with E-state index in [1.54, 1.807) is 11.3 Å². The molecule has 0 aliphatic heterocycles. The zero-order chi connectivity index (χ0) is 14.8. The summed E-state index contributed by atoms with van der Waals surface area (Å²) in [6, 6.07) is 4.20. The van der Waals surface area contributed by atoms with Crippen LogP contribution in [0.1, 0.15) is 48.4 Å². The third-order valence-electron chi connectivity index (χ3n) is 3.17. The predicted molar refractivity (Wildman–Crippen MR) is 85.2 cm³/mol. The van der Waals surface area contributed by atoms with Crippen molar-refractivity contribution in [1.82, 2.24) is 15.3 Å². The maximum atomic E-state index is 4.67. The first-order chi connectivity index (χ1) is 9.35. The summed E-state index contributed by atoms with van der Waals surface area (Å²) >= 11 is 1.75. The Morgan fingerprint density at radius 3 is 2.30 bits per heavy atom. The molecule has 0 saturated carbocycles. The quantitative estimate of drug-likeness (QED) is 0.934. The Morgan fingerprint density at radius 1 is 1.15 bits per heavy atom. The van der Waals surface area contributed by atoms with Crippen LogP contribution in [-0.4, -0.2) is 15.5 Å². The molecule has 4 heteroatoms. The molecule has 20 heavy (non-hydrogen) atoms. The van der Waals surface area contributed by atoms with Crippen LogP contribution < -0.4 is 5.32 Å². The van der Waals surface area contributed by atoms with E-state index in [1.165, 1.54) is 10.4 Å². The van der Waals surface area contributed by atoms with Crippen molar-refractivity contribution >= 4 is 11.3 Å². The zero-order valence-electron chi connectivity index (χ0n) is 12.9. The van der Waals surface area contributed by atoms with Gasteiger partial charge in [-0.25, -0.2) is 9.97 Å². The van der Waals surface area contributed by atoms with Crippen LogP contribution in [0.4, 0.5) is 0 Å². The van der Waals surface area contributed by atoms with Crippen molar-refractivity contribution in [3.05, 3.63) is 45.2 Å². The molecule has 2 rings (SSSR count). The van der Waals surface area contributed by atoms with E-state index in [-0.39, 0.29) is 5.54 Å². The fourth-order valence-corrected chi connectivity index (χ4v) is 2.77. The fourth-order valence-electron chi connectivity index (χ4n) is 2.07. The van der Waals surface area contributed by atoms with Crippen LogP contribution in [0, 0.1) is 13.8 Å². The Labute approximate surface area is 125 Å². The summed E-state index contributed by atoms with van der Waals surface area (Å²) in [5.41, 5.74) is 3.49. The lowest BCUT2D eigenvalue weighted by Crippen LogP contribution is -2.35.